The van der Waals surface area contributed by atoms with Gasteiger partial charge in [-0.2, -0.15) is 0 Å². The zero-order valence-corrected chi connectivity index (χ0v) is 18.2. The summed E-state index contributed by atoms with van der Waals surface area (Å²) in [4.78, 5) is 15.9. The van der Waals surface area contributed by atoms with Gasteiger partial charge in [-0.3, -0.25) is 0 Å². The van der Waals surface area contributed by atoms with Crippen molar-refractivity contribution >= 4 is 29.2 Å². The number of carbonyl (C=O) groups is 1. The normalized spacial score (nSPS) is 12.9. The second kappa shape index (κ2) is 9.47. The van der Waals surface area contributed by atoms with E-state index in [4.69, 9.17) is 32.7 Å². The topological polar surface area (TPSA) is 68.7 Å². The minimum absolute atomic E-state index is 0.257. The lowest BCUT2D eigenvalue weighted by molar-refractivity contribution is 0.0601. The average Bonchev–Trinajstić information content (AvgIpc) is 2.77. The molecule has 3 rings (SSSR count). The standard InChI is InChI=1S/C23H21Cl2NO4/c1-13(22(27)16-6-9-21(29-2)26-12-16)17-7-4-14(10-19(17)24)15-5-8-18(20(25)11-15)23(28)30-3/h4-13,22,27H,1-3H3/t13-,22?/m0/s1. The SMILES string of the molecule is COC(=O)c1ccc(-c2ccc([C@H](C)C(O)c3ccc(OC)nc3)c(Cl)c2)cc1Cl. The predicted octanol–water partition coefficient (Wildman–Crippen LogP) is 5.69. The largest absolute Gasteiger partial charge is 0.481 e. The zero-order valence-electron chi connectivity index (χ0n) is 16.7. The van der Waals surface area contributed by atoms with Gasteiger partial charge in [-0.05, 0) is 46.5 Å². The van der Waals surface area contributed by atoms with Gasteiger partial charge < -0.3 is 14.6 Å². The van der Waals surface area contributed by atoms with E-state index >= 15 is 0 Å². The number of esters is 1. The molecule has 1 N–H and O–H groups in total. The molecule has 2 atom stereocenters. The van der Waals surface area contributed by atoms with Crippen LogP contribution in [0.1, 0.15) is 40.4 Å². The van der Waals surface area contributed by atoms with E-state index in [1.807, 2.05) is 25.1 Å². The van der Waals surface area contributed by atoms with Crippen LogP contribution in [0.5, 0.6) is 5.88 Å². The highest BCUT2D eigenvalue weighted by Gasteiger charge is 2.21. The molecule has 0 fully saturated rings. The summed E-state index contributed by atoms with van der Waals surface area (Å²) in [5.74, 6) is -0.263. The summed E-state index contributed by atoms with van der Waals surface area (Å²) in [6.45, 7) is 1.90. The fourth-order valence-electron chi connectivity index (χ4n) is 3.19. The Bertz CT molecular complexity index is 1050. The molecule has 2 aromatic carbocycles. The molecule has 0 spiro atoms. The van der Waals surface area contributed by atoms with Gasteiger partial charge in [0.1, 0.15) is 0 Å². The van der Waals surface area contributed by atoms with Gasteiger partial charge in [0.2, 0.25) is 5.88 Å². The molecule has 0 bridgehead atoms. The quantitative estimate of drug-likeness (QED) is 0.493. The first-order valence-electron chi connectivity index (χ1n) is 9.21. The summed E-state index contributed by atoms with van der Waals surface area (Å²) in [5.41, 5.74) is 3.44. The second-order valence-corrected chi connectivity index (χ2v) is 7.60. The molecule has 0 aliphatic carbocycles. The number of carbonyl (C=O) groups excluding carboxylic acids is 1. The Morgan fingerprint density at radius 3 is 2.20 bits per heavy atom. The van der Waals surface area contributed by atoms with Crippen molar-refractivity contribution in [2.45, 2.75) is 18.9 Å². The monoisotopic (exact) mass is 445 g/mol. The maximum absolute atomic E-state index is 11.7. The van der Waals surface area contributed by atoms with Crippen LogP contribution in [0.3, 0.4) is 0 Å². The highest BCUT2D eigenvalue weighted by atomic mass is 35.5. The maximum atomic E-state index is 11.7. The van der Waals surface area contributed by atoms with Gasteiger partial charge in [-0.1, -0.05) is 48.3 Å². The number of halogens is 2. The lowest BCUT2D eigenvalue weighted by atomic mass is 9.90. The van der Waals surface area contributed by atoms with Crippen molar-refractivity contribution in [2.24, 2.45) is 0 Å². The molecule has 0 aliphatic rings. The van der Waals surface area contributed by atoms with Gasteiger partial charge in [-0.25, -0.2) is 9.78 Å². The van der Waals surface area contributed by atoms with E-state index in [0.29, 0.717) is 27.1 Å². The summed E-state index contributed by atoms with van der Waals surface area (Å²) in [7, 11) is 2.85. The summed E-state index contributed by atoms with van der Waals surface area (Å²) in [5, 5.41) is 11.6. The predicted molar refractivity (Wildman–Crippen MR) is 117 cm³/mol. The number of benzene rings is 2. The third-order valence-electron chi connectivity index (χ3n) is 4.98. The minimum Gasteiger partial charge on any atom is -0.481 e. The molecular formula is C23H21Cl2NO4. The van der Waals surface area contributed by atoms with E-state index in [1.54, 1.807) is 43.6 Å². The molecular weight excluding hydrogens is 425 g/mol. The Morgan fingerprint density at radius 2 is 1.67 bits per heavy atom. The maximum Gasteiger partial charge on any atom is 0.339 e. The van der Waals surface area contributed by atoms with Crippen LogP contribution in [-0.2, 0) is 4.74 Å². The third kappa shape index (κ3) is 4.59. The van der Waals surface area contributed by atoms with Crippen molar-refractivity contribution in [3.8, 4) is 17.0 Å². The van der Waals surface area contributed by atoms with Gasteiger partial charge in [0.25, 0.3) is 0 Å². The van der Waals surface area contributed by atoms with Crippen LogP contribution in [0.15, 0.2) is 54.7 Å². The summed E-state index contributed by atoms with van der Waals surface area (Å²) < 4.78 is 9.77. The zero-order chi connectivity index (χ0) is 21.8. The van der Waals surface area contributed by atoms with Crippen LogP contribution >= 0.6 is 23.2 Å². The Hall–Kier alpha value is -2.60. The second-order valence-electron chi connectivity index (χ2n) is 6.79. The molecule has 0 saturated carbocycles. The number of pyridine rings is 1. The Labute approximate surface area is 185 Å². The average molecular weight is 446 g/mol. The molecule has 0 saturated heterocycles. The van der Waals surface area contributed by atoms with Crippen LogP contribution in [-0.4, -0.2) is 30.3 Å². The van der Waals surface area contributed by atoms with Gasteiger partial charge >= 0.3 is 5.97 Å². The number of aliphatic hydroxyl groups excluding tert-OH is 1. The Morgan fingerprint density at radius 1 is 1.00 bits per heavy atom. The van der Waals surface area contributed by atoms with Crippen LogP contribution in [0, 0.1) is 0 Å². The fourth-order valence-corrected chi connectivity index (χ4v) is 3.80. The lowest BCUT2D eigenvalue weighted by Crippen LogP contribution is -2.09. The molecule has 1 aromatic heterocycles. The number of hydrogen-bond donors (Lipinski definition) is 1. The van der Waals surface area contributed by atoms with Crippen molar-refractivity contribution in [3.05, 3.63) is 81.5 Å². The summed E-state index contributed by atoms with van der Waals surface area (Å²) >= 11 is 12.8. The summed E-state index contributed by atoms with van der Waals surface area (Å²) in [6, 6.07) is 14.2. The van der Waals surface area contributed by atoms with Crippen molar-refractivity contribution in [3.63, 3.8) is 0 Å². The van der Waals surface area contributed by atoms with Crippen LogP contribution in [0.25, 0.3) is 11.1 Å². The van der Waals surface area contributed by atoms with Gasteiger partial charge in [-0.15, -0.1) is 0 Å². The molecule has 0 radical (unpaired) electrons. The van der Waals surface area contributed by atoms with Gasteiger partial charge in [0.15, 0.2) is 0 Å². The third-order valence-corrected chi connectivity index (χ3v) is 5.62. The minimum atomic E-state index is -0.777. The first-order valence-corrected chi connectivity index (χ1v) is 9.97. The van der Waals surface area contributed by atoms with E-state index < -0.39 is 12.1 Å². The highest BCUT2D eigenvalue weighted by molar-refractivity contribution is 6.34. The van der Waals surface area contributed by atoms with E-state index in [-0.39, 0.29) is 5.92 Å². The number of hydrogen-bond acceptors (Lipinski definition) is 5. The van der Waals surface area contributed by atoms with Crippen molar-refractivity contribution < 1.29 is 19.4 Å². The molecule has 156 valence electrons. The summed E-state index contributed by atoms with van der Waals surface area (Å²) in [6.07, 6.45) is 0.813. The van der Waals surface area contributed by atoms with Gasteiger partial charge in [0.05, 0.1) is 30.9 Å². The van der Waals surface area contributed by atoms with E-state index in [2.05, 4.69) is 4.98 Å². The smallest absolute Gasteiger partial charge is 0.339 e. The van der Waals surface area contributed by atoms with Crippen molar-refractivity contribution in [1.82, 2.24) is 4.98 Å². The number of aromatic nitrogens is 1. The van der Waals surface area contributed by atoms with Gasteiger partial charge in [0, 0.05) is 23.2 Å². The number of aliphatic hydroxyl groups is 1. The molecule has 1 unspecified atom stereocenters. The van der Waals surface area contributed by atoms with Crippen LogP contribution in [0.4, 0.5) is 0 Å². The lowest BCUT2D eigenvalue weighted by Gasteiger charge is -2.21. The highest BCUT2D eigenvalue weighted by Crippen LogP contribution is 2.37. The first kappa shape index (κ1) is 22.1. The first-order chi connectivity index (χ1) is 14.3. The fraction of sp³-hybridized carbons (Fsp3) is 0.217. The molecule has 0 aliphatic heterocycles. The van der Waals surface area contributed by atoms with E-state index in [9.17, 15) is 9.90 Å². The Kier molecular flexibility index (Phi) is 6.98. The van der Waals surface area contributed by atoms with Crippen molar-refractivity contribution in [1.29, 1.82) is 0 Å². The van der Waals surface area contributed by atoms with E-state index in [0.717, 1.165) is 16.7 Å². The molecule has 1 heterocycles. The number of nitrogens with zero attached hydrogens (tertiary/aromatic N) is 1. The molecule has 30 heavy (non-hydrogen) atoms. The van der Waals surface area contributed by atoms with Crippen LogP contribution < -0.4 is 4.74 Å². The van der Waals surface area contributed by atoms with Crippen molar-refractivity contribution in [2.75, 3.05) is 14.2 Å². The number of methoxy groups -OCH3 is 2. The molecule has 3 aromatic rings. The number of ether oxygens (including phenoxy) is 2. The number of rotatable bonds is 6. The Balaban J connectivity index is 1.85. The van der Waals surface area contributed by atoms with Crippen LogP contribution in [0.2, 0.25) is 10.0 Å². The molecule has 0 amide bonds. The van der Waals surface area contributed by atoms with E-state index in [1.165, 1.54) is 7.11 Å². The molecule has 5 nitrogen and oxygen atoms in total. The molecule has 7 heteroatoms.